The van der Waals surface area contributed by atoms with Crippen molar-refractivity contribution in [1.29, 1.82) is 0 Å². The summed E-state index contributed by atoms with van der Waals surface area (Å²) < 4.78 is 0. The second-order valence-corrected chi connectivity index (χ2v) is 2.78. The van der Waals surface area contributed by atoms with Gasteiger partial charge in [-0.05, 0) is 6.42 Å². The zero-order valence-electron chi connectivity index (χ0n) is 7.02. The van der Waals surface area contributed by atoms with Gasteiger partial charge in [-0.2, -0.15) is 0 Å². The van der Waals surface area contributed by atoms with Crippen LogP contribution in [0.25, 0.3) is 6.08 Å². The van der Waals surface area contributed by atoms with Crippen LogP contribution in [0.3, 0.4) is 0 Å². The Bertz CT molecular complexity index is 287. The molecule has 0 atom stereocenters. The van der Waals surface area contributed by atoms with Gasteiger partial charge in [0.15, 0.2) is 0 Å². The van der Waals surface area contributed by atoms with Crippen LogP contribution in [0.15, 0.2) is 23.8 Å². The molecule has 0 nitrogen and oxygen atoms in total. The molecular formula is C10H9Rb. The molecule has 11 heavy (non-hydrogen) atoms. The summed E-state index contributed by atoms with van der Waals surface area (Å²) in [5.41, 5.74) is 4.14. The molecule has 1 aromatic rings. The average Bonchev–Trinajstić information content (AvgIpc) is 2.27. The number of benzene rings is 1. The second-order valence-electron chi connectivity index (χ2n) is 2.78. The molecule has 0 saturated carbocycles. The van der Waals surface area contributed by atoms with Crippen LogP contribution in [0.2, 0.25) is 0 Å². The summed E-state index contributed by atoms with van der Waals surface area (Å²) in [5.74, 6) is 0. The molecule has 1 heteroatoms. The van der Waals surface area contributed by atoms with E-state index in [0.29, 0.717) is 0 Å². The number of rotatable bonds is 0. The van der Waals surface area contributed by atoms with Crippen LogP contribution < -0.4 is 58.2 Å². The van der Waals surface area contributed by atoms with Crippen molar-refractivity contribution in [1.82, 2.24) is 0 Å². The molecule has 2 rings (SSSR count). The van der Waals surface area contributed by atoms with Gasteiger partial charge in [-0.15, -0.1) is 47.0 Å². The maximum atomic E-state index is 3.20. The van der Waals surface area contributed by atoms with Gasteiger partial charge in [0.25, 0.3) is 0 Å². The van der Waals surface area contributed by atoms with Crippen LogP contribution in [0, 0.1) is 6.07 Å². The first kappa shape index (κ1) is 9.85. The molecule has 0 unspecified atom stereocenters. The molecule has 0 heterocycles. The predicted octanol–water partition coefficient (Wildman–Crippen LogP) is -0.550. The molecule has 1 aromatic carbocycles. The number of fused-ring (bicyclic) bond motifs is 1. The molecule has 0 aliphatic heterocycles. The van der Waals surface area contributed by atoms with Crippen LogP contribution in [0.1, 0.15) is 18.1 Å². The largest absolute Gasteiger partial charge is 1.00 e. The molecular weight excluding hydrogens is 206 g/mol. The minimum absolute atomic E-state index is 0. The molecule has 0 fully saturated rings. The molecule has 0 saturated heterocycles. The summed E-state index contributed by atoms with van der Waals surface area (Å²) >= 11 is 0. The Kier molecular flexibility index (Phi) is 3.70. The Labute approximate surface area is 116 Å². The smallest absolute Gasteiger partial charge is 0.147 e. The van der Waals surface area contributed by atoms with Crippen molar-refractivity contribution >= 4 is 6.08 Å². The first-order chi connectivity index (χ1) is 4.86. The normalized spacial score (nSPS) is 13.4. The van der Waals surface area contributed by atoms with Gasteiger partial charge < -0.3 is 0 Å². The fourth-order valence-electron chi connectivity index (χ4n) is 1.37. The third-order valence-electron chi connectivity index (χ3n) is 1.84. The molecule has 0 radical (unpaired) electrons. The van der Waals surface area contributed by atoms with Gasteiger partial charge in [0.05, 0.1) is 0 Å². The molecule has 0 N–H and O–H groups in total. The van der Waals surface area contributed by atoms with Gasteiger partial charge >= 0.3 is 58.2 Å². The molecule has 1 aliphatic rings. The molecule has 50 valence electrons. The van der Waals surface area contributed by atoms with E-state index in [1.807, 2.05) is 12.1 Å². The van der Waals surface area contributed by atoms with Gasteiger partial charge in [0, 0.05) is 0 Å². The summed E-state index contributed by atoms with van der Waals surface area (Å²) in [5, 5.41) is 0. The predicted molar refractivity (Wildman–Crippen MR) is 42.6 cm³/mol. The van der Waals surface area contributed by atoms with E-state index >= 15 is 0 Å². The van der Waals surface area contributed by atoms with E-state index in [1.54, 1.807) is 0 Å². The van der Waals surface area contributed by atoms with Crippen molar-refractivity contribution < 1.29 is 58.2 Å². The Hall–Kier alpha value is 0.765. The first-order valence-corrected chi connectivity index (χ1v) is 3.53. The van der Waals surface area contributed by atoms with E-state index < -0.39 is 0 Å². The van der Waals surface area contributed by atoms with E-state index in [0.717, 1.165) is 6.42 Å². The van der Waals surface area contributed by atoms with Crippen LogP contribution in [-0.2, 0) is 6.42 Å². The maximum absolute atomic E-state index is 3.20. The van der Waals surface area contributed by atoms with Crippen molar-refractivity contribution in [2.24, 2.45) is 0 Å². The van der Waals surface area contributed by atoms with E-state index in [4.69, 9.17) is 0 Å². The molecule has 0 amide bonds. The molecule has 0 spiro atoms. The van der Waals surface area contributed by atoms with E-state index in [9.17, 15) is 0 Å². The molecule has 1 aliphatic carbocycles. The number of hydrogen-bond acceptors (Lipinski definition) is 0. The SMILES string of the molecule is CC1=Cc2[c-]cccc2C1.[Rb+]. The van der Waals surface area contributed by atoms with Crippen molar-refractivity contribution in [2.75, 3.05) is 0 Å². The van der Waals surface area contributed by atoms with Crippen LogP contribution in [0.5, 0.6) is 0 Å². The third kappa shape index (κ3) is 2.12. The van der Waals surface area contributed by atoms with Crippen LogP contribution in [0.4, 0.5) is 0 Å². The standard InChI is InChI=1S/C10H9.Rb/c1-8-6-9-4-2-3-5-10(9)7-8;/h2-4,7H,6H2,1H3;/q-1;+1. The van der Waals surface area contributed by atoms with Gasteiger partial charge in [-0.25, -0.2) is 0 Å². The third-order valence-corrected chi connectivity index (χ3v) is 1.84. The van der Waals surface area contributed by atoms with Crippen molar-refractivity contribution in [3.05, 3.63) is 41.0 Å². The van der Waals surface area contributed by atoms with E-state index in [1.165, 1.54) is 16.7 Å². The number of hydrogen-bond donors (Lipinski definition) is 0. The van der Waals surface area contributed by atoms with Gasteiger partial charge in [0.1, 0.15) is 0 Å². The fourth-order valence-corrected chi connectivity index (χ4v) is 1.37. The van der Waals surface area contributed by atoms with Crippen LogP contribution >= 0.6 is 0 Å². The van der Waals surface area contributed by atoms with E-state index in [2.05, 4.69) is 25.1 Å². The van der Waals surface area contributed by atoms with Crippen molar-refractivity contribution in [2.45, 2.75) is 13.3 Å². The first-order valence-electron chi connectivity index (χ1n) is 3.53. The molecule has 0 bridgehead atoms. The Balaban J connectivity index is 0.000000605. The summed E-state index contributed by atoms with van der Waals surface area (Å²) in [6.07, 6.45) is 3.32. The topological polar surface area (TPSA) is 0 Å². The zero-order chi connectivity index (χ0) is 6.97. The van der Waals surface area contributed by atoms with Crippen molar-refractivity contribution in [3.8, 4) is 0 Å². The van der Waals surface area contributed by atoms with Gasteiger partial charge in [-0.3, -0.25) is 0 Å². The molecule has 0 aromatic heterocycles. The average molecular weight is 215 g/mol. The van der Waals surface area contributed by atoms with Gasteiger partial charge in [0.2, 0.25) is 0 Å². The van der Waals surface area contributed by atoms with Gasteiger partial charge in [-0.1, -0.05) is 6.92 Å². The van der Waals surface area contributed by atoms with Crippen LogP contribution in [-0.4, -0.2) is 0 Å². The zero-order valence-corrected chi connectivity index (χ0v) is 11.9. The Morgan fingerprint density at radius 2 is 2.27 bits per heavy atom. The minimum atomic E-state index is 0. The minimum Gasteiger partial charge on any atom is -0.147 e. The Morgan fingerprint density at radius 3 is 3.00 bits per heavy atom. The Morgan fingerprint density at radius 1 is 1.45 bits per heavy atom. The van der Waals surface area contributed by atoms with E-state index in [-0.39, 0.29) is 58.2 Å². The van der Waals surface area contributed by atoms with Crippen molar-refractivity contribution in [3.63, 3.8) is 0 Å². The quantitative estimate of drug-likeness (QED) is 0.509. The monoisotopic (exact) mass is 214 g/mol. The fraction of sp³-hybridized carbons (Fsp3) is 0.200. The summed E-state index contributed by atoms with van der Waals surface area (Å²) in [6, 6.07) is 9.38. The summed E-state index contributed by atoms with van der Waals surface area (Å²) in [6.45, 7) is 2.16. The summed E-state index contributed by atoms with van der Waals surface area (Å²) in [7, 11) is 0. The summed E-state index contributed by atoms with van der Waals surface area (Å²) in [4.78, 5) is 0. The number of allylic oxidation sites excluding steroid dienone is 1. The maximum Gasteiger partial charge on any atom is 1.00 e. The second kappa shape index (κ2) is 4.13.